The molecule has 0 aromatic heterocycles. The van der Waals surface area contributed by atoms with E-state index in [1.54, 1.807) is 6.07 Å². The summed E-state index contributed by atoms with van der Waals surface area (Å²) in [4.78, 5) is -0.0879. The van der Waals surface area contributed by atoms with Crippen molar-refractivity contribution in [2.24, 2.45) is 0 Å². The van der Waals surface area contributed by atoms with Gasteiger partial charge in [-0.2, -0.15) is 0 Å². The van der Waals surface area contributed by atoms with Gasteiger partial charge >= 0.3 is 0 Å². The van der Waals surface area contributed by atoms with Gasteiger partial charge in [0.25, 0.3) is 0 Å². The van der Waals surface area contributed by atoms with Crippen molar-refractivity contribution in [1.29, 1.82) is 0 Å². The third kappa shape index (κ3) is 4.31. The SMILES string of the molecule is COc1ccccc1CNC1CS(=O)(=O)CC1S(=O)(=O)c1ccc(F)cc1. The minimum atomic E-state index is -3.94. The lowest BCUT2D eigenvalue weighted by atomic mass is 10.1. The van der Waals surface area contributed by atoms with Gasteiger partial charge in [-0.15, -0.1) is 0 Å². The van der Waals surface area contributed by atoms with Gasteiger partial charge < -0.3 is 10.1 Å². The largest absolute Gasteiger partial charge is 0.496 e. The Kier molecular flexibility index (Phi) is 5.55. The Labute approximate surface area is 158 Å². The molecule has 2 unspecified atom stereocenters. The van der Waals surface area contributed by atoms with Gasteiger partial charge in [-0.05, 0) is 30.3 Å². The molecule has 6 nitrogen and oxygen atoms in total. The van der Waals surface area contributed by atoms with Crippen LogP contribution < -0.4 is 10.1 Å². The summed E-state index contributed by atoms with van der Waals surface area (Å²) in [5, 5.41) is 1.92. The van der Waals surface area contributed by atoms with E-state index in [1.165, 1.54) is 7.11 Å². The van der Waals surface area contributed by atoms with E-state index in [0.29, 0.717) is 5.75 Å². The molecule has 0 amide bonds. The summed E-state index contributed by atoms with van der Waals surface area (Å²) in [6, 6.07) is 10.9. The Hall–Kier alpha value is -1.97. The van der Waals surface area contributed by atoms with E-state index in [9.17, 15) is 21.2 Å². The predicted molar refractivity (Wildman–Crippen MR) is 99.6 cm³/mol. The zero-order valence-electron chi connectivity index (χ0n) is 14.6. The standard InChI is InChI=1S/C18H20FNO5S2/c1-25-17-5-3-2-4-13(17)10-20-16-11-26(21,22)12-18(16)27(23,24)15-8-6-14(19)7-9-15/h2-9,16,18,20H,10-12H2,1H3. The number of halogens is 1. The lowest BCUT2D eigenvalue weighted by Gasteiger charge is -2.20. The third-order valence-corrected chi connectivity index (χ3v) is 8.75. The van der Waals surface area contributed by atoms with Gasteiger partial charge in [-0.1, -0.05) is 18.2 Å². The molecule has 0 aliphatic carbocycles. The number of benzene rings is 2. The molecule has 0 radical (unpaired) electrons. The van der Waals surface area contributed by atoms with Crippen LogP contribution in [0, 0.1) is 5.82 Å². The van der Waals surface area contributed by atoms with Gasteiger partial charge in [0.15, 0.2) is 19.7 Å². The monoisotopic (exact) mass is 413 g/mol. The summed E-state index contributed by atoms with van der Waals surface area (Å²) in [5.74, 6) is -0.661. The molecular formula is C18H20FNO5S2. The van der Waals surface area contributed by atoms with E-state index in [-0.39, 0.29) is 17.2 Å². The zero-order valence-corrected chi connectivity index (χ0v) is 16.3. The number of nitrogens with one attached hydrogen (secondary N) is 1. The Bertz CT molecular complexity index is 1020. The van der Waals surface area contributed by atoms with Crippen LogP contribution in [0.5, 0.6) is 5.75 Å². The Morgan fingerprint density at radius 2 is 1.78 bits per heavy atom. The molecule has 1 saturated heterocycles. The second-order valence-electron chi connectivity index (χ2n) is 6.41. The zero-order chi connectivity index (χ0) is 19.7. The average molecular weight is 413 g/mol. The van der Waals surface area contributed by atoms with E-state index in [4.69, 9.17) is 4.74 Å². The van der Waals surface area contributed by atoms with Crippen LogP contribution in [-0.4, -0.2) is 46.7 Å². The molecule has 1 aliphatic rings. The molecule has 0 spiro atoms. The van der Waals surface area contributed by atoms with Crippen LogP contribution in [0.2, 0.25) is 0 Å². The molecule has 1 aliphatic heterocycles. The van der Waals surface area contributed by atoms with Crippen LogP contribution in [0.3, 0.4) is 0 Å². The number of para-hydroxylation sites is 1. The molecule has 1 fully saturated rings. The van der Waals surface area contributed by atoms with Crippen LogP contribution in [-0.2, 0) is 26.2 Å². The molecule has 1 N–H and O–H groups in total. The second-order valence-corrected chi connectivity index (χ2v) is 10.7. The van der Waals surface area contributed by atoms with Crippen molar-refractivity contribution in [3.63, 3.8) is 0 Å². The van der Waals surface area contributed by atoms with E-state index in [1.807, 2.05) is 18.2 Å². The van der Waals surface area contributed by atoms with Crippen LogP contribution in [0.4, 0.5) is 4.39 Å². The Morgan fingerprint density at radius 1 is 1.11 bits per heavy atom. The lowest BCUT2D eigenvalue weighted by Crippen LogP contribution is -2.43. The highest BCUT2D eigenvalue weighted by molar-refractivity contribution is 7.96. The molecule has 3 rings (SSSR count). The molecule has 2 atom stereocenters. The van der Waals surface area contributed by atoms with Gasteiger partial charge in [-0.3, -0.25) is 0 Å². The summed E-state index contributed by atoms with van der Waals surface area (Å²) in [6.07, 6.45) is 0. The number of hydrogen-bond donors (Lipinski definition) is 1. The maximum atomic E-state index is 13.1. The molecule has 146 valence electrons. The fourth-order valence-corrected chi connectivity index (χ4v) is 7.92. The first-order valence-corrected chi connectivity index (χ1v) is 11.6. The van der Waals surface area contributed by atoms with Crippen molar-refractivity contribution in [2.75, 3.05) is 18.6 Å². The topological polar surface area (TPSA) is 89.5 Å². The number of sulfone groups is 2. The fourth-order valence-electron chi connectivity index (χ4n) is 3.20. The summed E-state index contributed by atoms with van der Waals surface area (Å²) >= 11 is 0. The second kappa shape index (κ2) is 7.57. The maximum absolute atomic E-state index is 13.1. The van der Waals surface area contributed by atoms with Crippen LogP contribution in [0.1, 0.15) is 5.56 Å². The van der Waals surface area contributed by atoms with E-state index in [2.05, 4.69) is 5.32 Å². The van der Waals surface area contributed by atoms with Crippen molar-refractivity contribution >= 4 is 19.7 Å². The number of ether oxygens (including phenoxy) is 1. The molecule has 9 heteroatoms. The quantitative estimate of drug-likeness (QED) is 0.723. The highest BCUT2D eigenvalue weighted by atomic mass is 32.2. The van der Waals surface area contributed by atoms with Gasteiger partial charge in [-0.25, -0.2) is 21.2 Å². The fraction of sp³-hybridized carbons (Fsp3) is 0.333. The maximum Gasteiger partial charge on any atom is 0.183 e. The number of hydrogen-bond acceptors (Lipinski definition) is 6. The van der Waals surface area contributed by atoms with E-state index in [0.717, 1.165) is 29.8 Å². The average Bonchev–Trinajstić information content (AvgIpc) is 2.96. The number of rotatable bonds is 6. The highest BCUT2D eigenvalue weighted by Gasteiger charge is 2.45. The normalized spacial score (nSPS) is 21.9. The van der Waals surface area contributed by atoms with E-state index < -0.39 is 42.5 Å². The van der Waals surface area contributed by atoms with Crippen LogP contribution in [0.25, 0.3) is 0 Å². The summed E-state index contributed by atoms with van der Waals surface area (Å²) in [5.41, 5.74) is 0.794. The molecule has 2 aromatic rings. The van der Waals surface area contributed by atoms with Crippen molar-refractivity contribution in [1.82, 2.24) is 5.32 Å². The first-order valence-electron chi connectivity index (χ1n) is 8.28. The highest BCUT2D eigenvalue weighted by Crippen LogP contribution is 2.27. The van der Waals surface area contributed by atoms with Gasteiger partial charge in [0.1, 0.15) is 11.6 Å². The lowest BCUT2D eigenvalue weighted by molar-refractivity contribution is 0.406. The van der Waals surface area contributed by atoms with Crippen molar-refractivity contribution < 1.29 is 26.0 Å². The molecule has 27 heavy (non-hydrogen) atoms. The smallest absolute Gasteiger partial charge is 0.183 e. The third-order valence-electron chi connectivity index (χ3n) is 4.59. The van der Waals surface area contributed by atoms with Crippen molar-refractivity contribution in [2.45, 2.75) is 22.7 Å². The number of methoxy groups -OCH3 is 1. The van der Waals surface area contributed by atoms with Gasteiger partial charge in [0.2, 0.25) is 0 Å². The molecule has 2 aromatic carbocycles. The summed E-state index contributed by atoms with van der Waals surface area (Å²) in [7, 11) is -5.92. The van der Waals surface area contributed by atoms with Crippen molar-refractivity contribution in [3.8, 4) is 5.75 Å². The Morgan fingerprint density at radius 3 is 2.44 bits per heavy atom. The predicted octanol–water partition coefficient (Wildman–Crippen LogP) is 1.56. The van der Waals surface area contributed by atoms with Crippen LogP contribution in [0.15, 0.2) is 53.4 Å². The first-order chi connectivity index (χ1) is 12.7. The van der Waals surface area contributed by atoms with Crippen LogP contribution >= 0.6 is 0 Å². The minimum absolute atomic E-state index is 0.0879. The molecule has 0 bridgehead atoms. The van der Waals surface area contributed by atoms with E-state index >= 15 is 0 Å². The minimum Gasteiger partial charge on any atom is -0.496 e. The van der Waals surface area contributed by atoms with Gasteiger partial charge in [0, 0.05) is 18.2 Å². The Balaban J connectivity index is 1.86. The molecular weight excluding hydrogens is 393 g/mol. The summed E-state index contributed by atoms with van der Waals surface area (Å²) < 4.78 is 68.5. The molecule has 0 saturated carbocycles. The summed E-state index contributed by atoms with van der Waals surface area (Å²) in [6.45, 7) is 0.264. The van der Waals surface area contributed by atoms with Gasteiger partial charge in [0.05, 0.1) is 28.8 Å². The van der Waals surface area contributed by atoms with Crippen molar-refractivity contribution in [3.05, 3.63) is 59.9 Å². The molecule has 1 heterocycles. The first kappa shape index (κ1) is 19.8.